The van der Waals surface area contributed by atoms with E-state index in [1.54, 1.807) is 53.1 Å². The van der Waals surface area contributed by atoms with Gasteiger partial charge in [0.25, 0.3) is 0 Å². The van der Waals surface area contributed by atoms with Crippen LogP contribution in [0.4, 0.5) is 0 Å². The lowest BCUT2D eigenvalue weighted by atomic mass is 10.1. The Morgan fingerprint density at radius 1 is 0.365 bits per heavy atom. The fourth-order valence-electron chi connectivity index (χ4n) is 9.08. The zero-order valence-electron chi connectivity index (χ0n) is 45.5. The number of fused-ring (bicyclic) bond motifs is 6. The molecule has 0 amide bonds. The highest BCUT2D eigenvalue weighted by Crippen LogP contribution is 2.35. The summed E-state index contributed by atoms with van der Waals surface area (Å²) in [6.07, 6.45) is 0. The molecule has 0 spiro atoms. The van der Waals surface area contributed by atoms with Gasteiger partial charge < -0.3 is 0 Å². The summed E-state index contributed by atoms with van der Waals surface area (Å²) in [5.74, 6) is -0.123. The molecule has 0 fully saturated rings. The molecule has 5 heteroatoms. The zero-order chi connectivity index (χ0) is 52.2. The summed E-state index contributed by atoms with van der Waals surface area (Å²) in [6, 6.07) is 48.3. The van der Waals surface area contributed by atoms with Gasteiger partial charge in [0.2, 0.25) is 5.95 Å². The molecule has 0 saturated carbocycles. The molecule has 296 valence electrons. The summed E-state index contributed by atoms with van der Waals surface area (Å²) in [6.45, 7) is 0. The second kappa shape index (κ2) is 15.1. The molecule has 3 heterocycles. The Hall–Kier alpha value is -8.12. The molecule has 0 radical (unpaired) electrons. The fourth-order valence-corrected chi connectivity index (χ4v) is 13.6. The van der Waals surface area contributed by atoms with Crippen molar-refractivity contribution in [3.8, 4) is 34.2 Å². The van der Waals surface area contributed by atoms with E-state index in [1.165, 1.54) is 10.6 Å². The Bertz CT molecular complexity index is 4140. The van der Waals surface area contributed by atoms with E-state index < -0.39 is 44.3 Å². The van der Waals surface area contributed by atoms with Crippen molar-refractivity contribution >= 4 is 72.4 Å². The molecular formula is C58H40N4Si. The largest absolute Gasteiger partial charge is 0.294 e. The fraction of sp³-hybridized carbons (Fsp3) is 0. The maximum Gasteiger partial charge on any atom is 0.237 e. The van der Waals surface area contributed by atoms with Crippen molar-refractivity contribution in [2.75, 3.05) is 0 Å². The highest BCUT2D eigenvalue weighted by Gasteiger charge is 2.41. The second-order valence-electron chi connectivity index (χ2n) is 15.2. The van der Waals surface area contributed by atoms with E-state index in [9.17, 15) is 8.22 Å². The van der Waals surface area contributed by atoms with Crippen molar-refractivity contribution in [3.63, 3.8) is 0 Å². The smallest absolute Gasteiger partial charge is 0.237 e. The van der Waals surface area contributed by atoms with Gasteiger partial charge >= 0.3 is 0 Å². The quantitative estimate of drug-likeness (QED) is 0.113. The number of hydrogen-bond donors (Lipinski definition) is 0. The first-order valence-electron chi connectivity index (χ1n) is 26.5. The number of para-hydroxylation sites is 4. The molecule has 3 aromatic heterocycles. The van der Waals surface area contributed by atoms with Crippen LogP contribution < -0.4 is 20.7 Å². The molecule has 9 aromatic carbocycles. The van der Waals surface area contributed by atoms with Gasteiger partial charge in [-0.25, -0.2) is 4.98 Å². The van der Waals surface area contributed by atoms with E-state index in [1.807, 2.05) is 109 Å². The predicted octanol–water partition coefficient (Wildman–Crippen LogP) is 11.4. The lowest BCUT2D eigenvalue weighted by Crippen LogP contribution is -2.74. The van der Waals surface area contributed by atoms with E-state index in [0.717, 1.165) is 26.7 Å². The average Bonchev–Trinajstić information content (AvgIpc) is 3.99. The predicted molar refractivity (Wildman–Crippen MR) is 265 cm³/mol. The van der Waals surface area contributed by atoms with Crippen LogP contribution in [0, 0.1) is 0 Å². The summed E-state index contributed by atoms with van der Waals surface area (Å²) >= 11 is 0. The lowest BCUT2D eigenvalue weighted by Gasteiger charge is -2.35. The van der Waals surface area contributed by atoms with Crippen molar-refractivity contribution in [1.29, 1.82) is 0 Å². The van der Waals surface area contributed by atoms with Crippen LogP contribution >= 0.6 is 0 Å². The maximum atomic E-state index is 10.7. The number of hydrogen-bond acceptors (Lipinski definition) is 2. The van der Waals surface area contributed by atoms with Gasteiger partial charge in [-0.05, 0) is 56.1 Å². The standard InChI is InChI=1S/C58H40N4Si/c1-4-20-41(21-5-1)42-22-18-28-46(38-42)63(44-24-6-2-7-25-44,45-26-8-3-9-27-45)47-29-19-23-43(39-47)52-40-57(61-53-34-14-10-30-48(53)49-31-11-15-35-54(49)61)60-58(59-52)62-55-36-16-12-32-50(55)51-33-13-17-37-56(51)62/h1-40H/i10D,12D,14D,16D,19D,23D,29D,30D,32D,34D,36D,39D. The van der Waals surface area contributed by atoms with Crippen LogP contribution in [0.5, 0.6) is 0 Å². The third kappa shape index (κ3) is 5.97. The van der Waals surface area contributed by atoms with E-state index in [-0.39, 0.29) is 86.3 Å². The van der Waals surface area contributed by atoms with Gasteiger partial charge in [-0.2, -0.15) is 4.98 Å². The van der Waals surface area contributed by atoms with E-state index in [2.05, 4.69) is 6.07 Å². The van der Waals surface area contributed by atoms with Gasteiger partial charge in [0.05, 0.1) is 44.2 Å². The Kier molecular flexibility index (Phi) is 6.30. The number of benzene rings is 9. The first-order chi connectivity index (χ1) is 36.2. The number of aromatic nitrogens is 4. The molecule has 0 atom stereocenters. The summed E-state index contributed by atoms with van der Waals surface area (Å²) in [4.78, 5) is 10.3. The molecule has 0 N–H and O–H groups in total. The first kappa shape index (κ1) is 26.3. The SMILES string of the molecule is [2H]c1c([2H])c(-c2cc(-n3c4ccccc4c4c([2H])c([2H])c([2H])c([2H])c43)nc(-n3c4ccccc4c4c([2H])c([2H])c([2H])c([2H])c43)n2)c([2H])c([Si](c2ccccc2)(c2ccccc2)c2cccc(-c3ccccc3)c2)c1[2H]. The van der Waals surface area contributed by atoms with E-state index >= 15 is 0 Å². The highest BCUT2D eigenvalue weighted by molar-refractivity contribution is 7.20. The first-order valence-corrected chi connectivity index (χ1v) is 22.5. The van der Waals surface area contributed by atoms with Gasteiger partial charge in [0, 0.05) is 33.2 Å². The lowest BCUT2D eigenvalue weighted by molar-refractivity contribution is 0.952. The molecule has 63 heavy (non-hydrogen) atoms. The Morgan fingerprint density at radius 2 is 0.905 bits per heavy atom. The van der Waals surface area contributed by atoms with Crippen molar-refractivity contribution in [3.05, 3.63) is 242 Å². The average molecular weight is 833 g/mol. The Morgan fingerprint density at radius 3 is 1.57 bits per heavy atom. The van der Waals surface area contributed by atoms with Gasteiger partial charge in [-0.15, -0.1) is 0 Å². The molecule has 4 nitrogen and oxygen atoms in total. The highest BCUT2D eigenvalue weighted by atomic mass is 28.3. The van der Waals surface area contributed by atoms with Gasteiger partial charge in [-0.3, -0.25) is 9.13 Å². The van der Waals surface area contributed by atoms with Crippen molar-refractivity contribution in [2.45, 2.75) is 0 Å². The van der Waals surface area contributed by atoms with Crippen LogP contribution in [0.1, 0.15) is 16.4 Å². The van der Waals surface area contributed by atoms with Crippen molar-refractivity contribution in [2.24, 2.45) is 0 Å². The number of rotatable bonds is 8. The molecule has 0 aliphatic carbocycles. The summed E-state index contributed by atoms with van der Waals surface area (Å²) in [5, 5.41) is 4.05. The summed E-state index contributed by atoms with van der Waals surface area (Å²) in [5.41, 5.74) is 2.66. The molecule has 0 aliphatic rings. The van der Waals surface area contributed by atoms with E-state index in [4.69, 9.17) is 18.2 Å². The third-order valence-electron chi connectivity index (χ3n) is 11.8. The van der Waals surface area contributed by atoms with Gasteiger partial charge in [-0.1, -0.05) is 212 Å². The number of nitrogens with zero attached hydrogens (tertiary/aromatic N) is 4. The molecule has 0 saturated heterocycles. The summed E-state index contributed by atoms with van der Waals surface area (Å²) in [7, 11) is -3.90. The zero-order valence-corrected chi connectivity index (χ0v) is 34.5. The molecular weight excluding hydrogens is 781 g/mol. The normalized spacial score (nSPS) is 14.5. The minimum absolute atomic E-state index is 0.0324. The van der Waals surface area contributed by atoms with Gasteiger partial charge in [0.15, 0.2) is 8.07 Å². The van der Waals surface area contributed by atoms with Crippen LogP contribution in [0.3, 0.4) is 0 Å². The van der Waals surface area contributed by atoms with Gasteiger partial charge in [0.1, 0.15) is 5.82 Å². The van der Waals surface area contributed by atoms with Crippen LogP contribution in [0.15, 0.2) is 242 Å². The molecule has 0 aliphatic heterocycles. The van der Waals surface area contributed by atoms with Crippen molar-refractivity contribution in [1.82, 2.24) is 19.1 Å². The van der Waals surface area contributed by atoms with Crippen LogP contribution in [-0.4, -0.2) is 27.2 Å². The van der Waals surface area contributed by atoms with Crippen molar-refractivity contribution < 1.29 is 16.4 Å². The monoisotopic (exact) mass is 832 g/mol. The van der Waals surface area contributed by atoms with Crippen LogP contribution in [-0.2, 0) is 0 Å². The Labute approximate surface area is 383 Å². The minimum Gasteiger partial charge on any atom is -0.294 e. The van der Waals surface area contributed by atoms with Crippen LogP contribution in [0.25, 0.3) is 77.8 Å². The molecule has 0 unspecified atom stereocenters. The minimum atomic E-state index is -3.90. The second-order valence-corrected chi connectivity index (χ2v) is 19.0. The molecule has 0 bridgehead atoms. The Balaban J connectivity index is 1.26. The summed E-state index contributed by atoms with van der Waals surface area (Å²) < 4.78 is 115. The molecule has 12 aromatic rings. The topological polar surface area (TPSA) is 35.6 Å². The maximum absolute atomic E-state index is 10.7. The molecule has 12 rings (SSSR count). The van der Waals surface area contributed by atoms with E-state index in [0.29, 0.717) is 21.8 Å². The third-order valence-corrected chi connectivity index (χ3v) is 16.4. The van der Waals surface area contributed by atoms with Crippen LogP contribution in [0.2, 0.25) is 0 Å².